The molecule has 1 aromatic heterocycles. The summed E-state index contributed by atoms with van der Waals surface area (Å²) in [4.78, 5) is 21.9. The molecule has 0 aliphatic rings. The lowest BCUT2D eigenvalue weighted by Gasteiger charge is -2.04. The van der Waals surface area contributed by atoms with E-state index >= 15 is 0 Å². The third-order valence-corrected chi connectivity index (χ3v) is 5.63. The molecular weight excluding hydrogens is 380 g/mol. The topological polar surface area (TPSA) is 62.5 Å². The minimum Gasteiger partial charge on any atom is -0.507 e. The van der Waals surface area contributed by atoms with Crippen LogP contribution in [0.15, 0.2) is 41.4 Å². The normalized spacial score (nSPS) is 11.3. The average molecular weight is 399 g/mol. The predicted octanol–water partition coefficient (Wildman–Crippen LogP) is 5.40. The Morgan fingerprint density at radius 3 is 2.44 bits per heavy atom. The van der Waals surface area contributed by atoms with Crippen molar-refractivity contribution in [1.29, 1.82) is 0 Å². The molecule has 0 unspecified atom stereocenters. The molecule has 27 heavy (non-hydrogen) atoms. The largest absolute Gasteiger partial charge is 0.507 e. The summed E-state index contributed by atoms with van der Waals surface area (Å²) in [6.07, 6.45) is 1.66. The molecule has 1 N–H and O–H groups in total. The monoisotopic (exact) mass is 398 g/mol. The molecule has 0 fully saturated rings. The minimum absolute atomic E-state index is 0.0576. The summed E-state index contributed by atoms with van der Waals surface area (Å²) in [5.74, 6) is 0.229. The van der Waals surface area contributed by atoms with Gasteiger partial charge in [0.25, 0.3) is 0 Å². The van der Waals surface area contributed by atoms with Crippen molar-refractivity contribution in [3.63, 3.8) is 0 Å². The fourth-order valence-electron chi connectivity index (χ4n) is 2.74. The van der Waals surface area contributed by atoms with Gasteiger partial charge in [-0.05, 0) is 61.7 Å². The number of Topliss-reactive ketones (excluding diaryl/α,β-unsaturated/α-hetero) is 1. The summed E-state index contributed by atoms with van der Waals surface area (Å²) in [5.41, 5.74) is 4.08. The number of phenols is 1. The minimum atomic E-state index is -0.0614. The Bertz CT molecular complexity index is 1000. The zero-order chi connectivity index (χ0) is 19.6. The number of ketones is 1. The van der Waals surface area contributed by atoms with Gasteiger partial charge in [-0.1, -0.05) is 23.7 Å². The van der Waals surface area contributed by atoms with Crippen LogP contribution < -0.4 is 0 Å². The summed E-state index contributed by atoms with van der Waals surface area (Å²) in [6.45, 7) is 5.56. The van der Waals surface area contributed by atoms with Gasteiger partial charge in [-0.3, -0.25) is 9.79 Å². The third-order valence-electron chi connectivity index (χ3n) is 4.13. The van der Waals surface area contributed by atoms with Crippen LogP contribution in [0.1, 0.15) is 32.1 Å². The van der Waals surface area contributed by atoms with Crippen molar-refractivity contribution in [3.8, 4) is 16.3 Å². The van der Waals surface area contributed by atoms with Gasteiger partial charge in [0.15, 0.2) is 5.78 Å². The van der Waals surface area contributed by atoms with Crippen molar-refractivity contribution in [2.75, 3.05) is 6.54 Å². The Morgan fingerprint density at radius 1 is 1.19 bits per heavy atom. The zero-order valence-electron chi connectivity index (χ0n) is 15.3. The Balaban J connectivity index is 1.74. The number of phenolic OH excluding ortho intramolecular Hbond substituents is 1. The highest BCUT2D eigenvalue weighted by atomic mass is 35.5. The zero-order valence-corrected chi connectivity index (χ0v) is 16.9. The highest BCUT2D eigenvalue weighted by Gasteiger charge is 2.15. The van der Waals surface area contributed by atoms with E-state index in [-0.39, 0.29) is 12.3 Å². The van der Waals surface area contributed by atoms with Gasteiger partial charge in [-0.15, -0.1) is 11.3 Å². The van der Waals surface area contributed by atoms with Gasteiger partial charge in [-0.25, -0.2) is 4.98 Å². The predicted molar refractivity (Wildman–Crippen MR) is 112 cm³/mol. The Labute approximate surface area is 167 Å². The van der Waals surface area contributed by atoms with Crippen LogP contribution in [0.25, 0.3) is 10.6 Å². The first kappa shape index (κ1) is 19.3. The number of aromatic hydroxyl groups is 1. The number of aliphatic imine (C=N–C) groups is 1. The molecule has 0 saturated heterocycles. The highest BCUT2D eigenvalue weighted by Crippen LogP contribution is 2.29. The molecule has 0 radical (unpaired) electrons. The highest BCUT2D eigenvalue weighted by molar-refractivity contribution is 7.17. The number of carbonyl (C=O) groups is 1. The molecule has 0 bridgehead atoms. The summed E-state index contributed by atoms with van der Waals surface area (Å²) in [6, 6.07) is 11.1. The molecule has 6 heteroatoms. The van der Waals surface area contributed by atoms with E-state index in [1.54, 1.807) is 18.3 Å². The SMILES string of the molecule is Cc1cc(C=NCC(=O)c2sc(-c3ccc(Cl)cc3)nc2C)cc(C)c1O. The molecular formula is C21H19ClN2O2S. The van der Waals surface area contributed by atoms with Gasteiger partial charge in [0.05, 0.1) is 10.6 Å². The first-order valence-corrected chi connectivity index (χ1v) is 9.61. The van der Waals surface area contributed by atoms with Crippen LogP contribution in [0.2, 0.25) is 5.02 Å². The Kier molecular flexibility index (Phi) is 5.73. The van der Waals surface area contributed by atoms with Crippen molar-refractivity contribution in [2.45, 2.75) is 20.8 Å². The summed E-state index contributed by atoms with van der Waals surface area (Å²) in [5, 5.41) is 11.3. The van der Waals surface area contributed by atoms with Crippen LogP contribution in [-0.2, 0) is 0 Å². The molecule has 138 valence electrons. The van der Waals surface area contributed by atoms with Crippen LogP contribution >= 0.6 is 22.9 Å². The van der Waals surface area contributed by atoms with Crippen LogP contribution in [0, 0.1) is 20.8 Å². The fraction of sp³-hybridized carbons (Fsp3) is 0.190. The Hall–Kier alpha value is -2.50. The number of rotatable bonds is 5. The van der Waals surface area contributed by atoms with Crippen LogP contribution in [0.4, 0.5) is 0 Å². The maximum Gasteiger partial charge on any atom is 0.196 e. The van der Waals surface area contributed by atoms with Gasteiger partial charge in [0.1, 0.15) is 17.3 Å². The molecule has 0 amide bonds. The first-order chi connectivity index (χ1) is 12.8. The molecule has 0 aliphatic carbocycles. The van der Waals surface area contributed by atoms with Gasteiger partial charge in [0, 0.05) is 16.8 Å². The smallest absolute Gasteiger partial charge is 0.196 e. The number of hydrogen-bond donors (Lipinski definition) is 1. The number of carbonyl (C=O) groups excluding carboxylic acids is 1. The molecule has 0 saturated carbocycles. The average Bonchev–Trinajstić information content (AvgIpc) is 3.02. The van der Waals surface area contributed by atoms with Crippen molar-refractivity contribution >= 4 is 34.9 Å². The second kappa shape index (κ2) is 8.03. The van der Waals surface area contributed by atoms with Crippen molar-refractivity contribution in [1.82, 2.24) is 4.98 Å². The number of nitrogens with zero attached hydrogens (tertiary/aromatic N) is 2. The molecule has 2 aromatic carbocycles. The molecule has 0 aliphatic heterocycles. The van der Waals surface area contributed by atoms with Crippen LogP contribution in [0.3, 0.4) is 0 Å². The van der Waals surface area contributed by atoms with Crippen molar-refractivity contribution < 1.29 is 9.90 Å². The van der Waals surface area contributed by atoms with E-state index in [9.17, 15) is 9.90 Å². The van der Waals surface area contributed by atoms with Gasteiger partial charge in [0.2, 0.25) is 0 Å². The van der Waals surface area contributed by atoms with E-state index < -0.39 is 0 Å². The van der Waals surface area contributed by atoms with E-state index in [1.807, 2.05) is 45.0 Å². The van der Waals surface area contributed by atoms with Crippen LogP contribution in [0.5, 0.6) is 5.75 Å². The number of aromatic nitrogens is 1. The second-order valence-electron chi connectivity index (χ2n) is 6.34. The van der Waals surface area contributed by atoms with E-state index in [0.717, 1.165) is 27.3 Å². The Morgan fingerprint density at radius 2 is 1.81 bits per heavy atom. The number of hydrogen-bond acceptors (Lipinski definition) is 5. The second-order valence-corrected chi connectivity index (χ2v) is 7.77. The van der Waals surface area contributed by atoms with Gasteiger partial charge < -0.3 is 5.11 Å². The summed E-state index contributed by atoms with van der Waals surface area (Å²) >= 11 is 7.29. The lowest BCUT2D eigenvalue weighted by atomic mass is 10.1. The maximum absolute atomic E-state index is 12.5. The molecule has 1 heterocycles. The lowest BCUT2D eigenvalue weighted by Crippen LogP contribution is -2.03. The molecule has 0 atom stereocenters. The molecule has 0 spiro atoms. The van der Waals surface area contributed by atoms with Crippen molar-refractivity contribution in [2.24, 2.45) is 4.99 Å². The first-order valence-electron chi connectivity index (χ1n) is 8.41. The summed E-state index contributed by atoms with van der Waals surface area (Å²) in [7, 11) is 0. The van der Waals surface area contributed by atoms with Crippen molar-refractivity contribution in [3.05, 3.63) is 68.7 Å². The van der Waals surface area contributed by atoms with Gasteiger partial charge in [-0.2, -0.15) is 0 Å². The third kappa shape index (κ3) is 4.43. The standard InChI is InChI=1S/C21H19ClN2O2S/c1-12-8-15(9-13(2)19(12)26)10-23-11-18(25)20-14(3)24-21(27-20)16-4-6-17(22)7-5-16/h4-10,26H,11H2,1-3H3. The summed E-state index contributed by atoms with van der Waals surface area (Å²) < 4.78 is 0. The lowest BCUT2D eigenvalue weighted by molar-refractivity contribution is 0.100. The van der Waals surface area contributed by atoms with E-state index in [1.165, 1.54) is 11.3 Å². The number of aryl methyl sites for hydroxylation is 3. The molecule has 3 rings (SSSR count). The molecule has 3 aromatic rings. The van der Waals surface area contributed by atoms with E-state index in [4.69, 9.17) is 11.6 Å². The number of halogens is 1. The fourth-order valence-corrected chi connectivity index (χ4v) is 3.87. The van der Waals surface area contributed by atoms with E-state index in [2.05, 4.69) is 9.98 Å². The quantitative estimate of drug-likeness (QED) is 0.462. The number of benzene rings is 2. The maximum atomic E-state index is 12.5. The number of thiazole rings is 1. The van der Waals surface area contributed by atoms with Gasteiger partial charge >= 0.3 is 0 Å². The molecule has 4 nitrogen and oxygen atoms in total. The van der Waals surface area contributed by atoms with Crippen LogP contribution in [-0.4, -0.2) is 28.6 Å². The van der Waals surface area contributed by atoms with E-state index in [0.29, 0.717) is 21.3 Å².